The molecule has 0 aromatic rings. The summed E-state index contributed by atoms with van der Waals surface area (Å²) >= 11 is 0. The molecule has 0 spiro atoms. The van der Waals surface area contributed by atoms with E-state index in [1.165, 1.54) is 83.5 Å². The van der Waals surface area contributed by atoms with Gasteiger partial charge in [0.05, 0.1) is 12.7 Å². The van der Waals surface area contributed by atoms with Crippen molar-refractivity contribution in [2.75, 3.05) is 6.61 Å². The summed E-state index contributed by atoms with van der Waals surface area (Å²) in [6.45, 7) is 2.12. The Morgan fingerprint density at radius 1 is 0.652 bits per heavy atom. The minimum atomic E-state index is -0.627. The first kappa shape index (κ1) is 22.7. The maximum absolute atomic E-state index is 9.17. The summed E-state index contributed by atoms with van der Waals surface area (Å²) in [6, 6.07) is 0. The van der Waals surface area contributed by atoms with Crippen LogP contribution in [0.1, 0.15) is 103 Å². The van der Waals surface area contributed by atoms with Crippen LogP contribution in [0.4, 0.5) is 0 Å². The molecular weight excluding hydrogens is 284 g/mol. The van der Waals surface area contributed by atoms with Crippen LogP contribution in [0.25, 0.3) is 0 Å². The van der Waals surface area contributed by atoms with Crippen LogP contribution in [0.2, 0.25) is 0 Å². The topological polar surface area (TPSA) is 40.5 Å². The fourth-order valence-electron chi connectivity index (χ4n) is 2.78. The number of aliphatic hydroxyl groups is 2. The Morgan fingerprint density at radius 2 is 1.09 bits per heavy atom. The van der Waals surface area contributed by atoms with Crippen molar-refractivity contribution < 1.29 is 10.2 Å². The summed E-state index contributed by atoms with van der Waals surface area (Å²) in [4.78, 5) is 0. The van der Waals surface area contributed by atoms with Crippen molar-refractivity contribution in [3.63, 3.8) is 0 Å². The molecule has 0 aliphatic rings. The highest BCUT2D eigenvalue weighted by Crippen LogP contribution is 2.11. The zero-order valence-electron chi connectivity index (χ0n) is 15.5. The zero-order chi connectivity index (χ0) is 17.0. The van der Waals surface area contributed by atoms with Gasteiger partial charge < -0.3 is 10.2 Å². The van der Waals surface area contributed by atoms with Gasteiger partial charge in [0, 0.05) is 0 Å². The average molecular weight is 326 g/mol. The lowest BCUT2D eigenvalue weighted by Crippen LogP contribution is -2.11. The molecule has 137 valence electrons. The summed E-state index contributed by atoms with van der Waals surface area (Å²) in [7, 11) is 0. The highest BCUT2D eigenvalue weighted by atomic mass is 16.3. The van der Waals surface area contributed by atoms with E-state index in [0.717, 1.165) is 12.8 Å². The van der Waals surface area contributed by atoms with E-state index in [4.69, 9.17) is 5.11 Å². The second kappa shape index (κ2) is 19.7. The van der Waals surface area contributed by atoms with Gasteiger partial charge >= 0.3 is 0 Å². The summed E-state index contributed by atoms with van der Waals surface area (Å²) in [5.74, 6) is 0. The Balaban J connectivity index is 3.08. The van der Waals surface area contributed by atoms with Gasteiger partial charge in [-0.15, -0.1) is 0 Å². The Kier molecular flexibility index (Phi) is 19.4. The molecule has 0 fully saturated rings. The SMILES string of the molecule is CCCCCCCC/C=C\CCCCCCCC[CH]C(O)CO. The predicted octanol–water partition coefficient (Wildman–Crippen LogP) is 5.97. The second-order valence-electron chi connectivity index (χ2n) is 6.71. The molecule has 1 atom stereocenters. The summed E-state index contributed by atoms with van der Waals surface area (Å²) in [5.41, 5.74) is 0. The van der Waals surface area contributed by atoms with Crippen LogP contribution in [-0.2, 0) is 0 Å². The molecule has 0 aliphatic heterocycles. The monoisotopic (exact) mass is 325 g/mol. The normalized spacial score (nSPS) is 13.0. The van der Waals surface area contributed by atoms with Gasteiger partial charge in [-0.1, -0.05) is 83.3 Å². The first-order valence-electron chi connectivity index (χ1n) is 10.1. The van der Waals surface area contributed by atoms with Gasteiger partial charge in [0.1, 0.15) is 0 Å². The fourth-order valence-corrected chi connectivity index (χ4v) is 2.78. The molecule has 0 bridgehead atoms. The van der Waals surface area contributed by atoms with Gasteiger partial charge in [-0.05, 0) is 38.5 Å². The van der Waals surface area contributed by atoms with Crippen molar-refractivity contribution in [3.8, 4) is 0 Å². The average Bonchev–Trinajstić information content (AvgIpc) is 2.57. The number of aliphatic hydroxyl groups excluding tert-OH is 2. The molecule has 0 aromatic heterocycles. The molecular formula is C21H41O2. The fraction of sp³-hybridized carbons (Fsp3) is 0.857. The summed E-state index contributed by atoms with van der Waals surface area (Å²) < 4.78 is 0. The standard InChI is InChI=1S/C21H41O2/c1-2-3-4-5-6-7-8-9-10-11-12-13-14-15-16-17-18-19-21(23)20-22/h9-10,19,21-23H,2-8,11-18,20H2,1H3/b10-9-. The molecule has 2 heteroatoms. The molecule has 1 unspecified atom stereocenters. The quantitative estimate of drug-likeness (QED) is 0.241. The predicted molar refractivity (Wildman–Crippen MR) is 101 cm³/mol. The van der Waals surface area contributed by atoms with Crippen molar-refractivity contribution in [1.29, 1.82) is 0 Å². The summed E-state index contributed by atoms with van der Waals surface area (Å²) in [5, 5.41) is 17.9. The van der Waals surface area contributed by atoms with E-state index < -0.39 is 6.10 Å². The third kappa shape index (κ3) is 19.6. The Hall–Kier alpha value is -0.340. The lowest BCUT2D eigenvalue weighted by Gasteiger charge is -2.05. The molecule has 23 heavy (non-hydrogen) atoms. The molecule has 0 saturated carbocycles. The van der Waals surface area contributed by atoms with Crippen molar-refractivity contribution in [2.45, 2.75) is 109 Å². The van der Waals surface area contributed by atoms with Crippen molar-refractivity contribution in [1.82, 2.24) is 0 Å². The smallest absolute Gasteiger partial charge is 0.0802 e. The number of allylic oxidation sites excluding steroid dienone is 2. The Morgan fingerprint density at radius 3 is 1.57 bits per heavy atom. The van der Waals surface area contributed by atoms with Crippen molar-refractivity contribution in [3.05, 3.63) is 18.6 Å². The van der Waals surface area contributed by atoms with Crippen LogP contribution in [0.5, 0.6) is 0 Å². The largest absolute Gasteiger partial charge is 0.394 e. The maximum Gasteiger partial charge on any atom is 0.0802 e. The van der Waals surface area contributed by atoms with Crippen LogP contribution >= 0.6 is 0 Å². The Labute approximate surface area is 145 Å². The molecule has 2 nitrogen and oxygen atoms in total. The molecule has 2 N–H and O–H groups in total. The third-order valence-corrected chi connectivity index (χ3v) is 4.34. The van der Waals surface area contributed by atoms with E-state index in [9.17, 15) is 5.11 Å². The van der Waals surface area contributed by atoms with Crippen molar-refractivity contribution >= 4 is 0 Å². The summed E-state index contributed by atoms with van der Waals surface area (Å²) in [6.07, 6.45) is 25.4. The number of rotatable bonds is 18. The Bertz CT molecular complexity index is 238. The van der Waals surface area contributed by atoms with E-state index >= 15 is 0 Å². The molecule has 0 heterocycles. The third-order valence-electron chi connectivity index (χ3n) is 4.34. The highest BCUT2D eigenvalue weighted by molar-refractivity contribution is 4.81. The number of hydrogen-bond acceptors (Lipinski definition) is 2. The van der Waals surface area contributed by atoms with E-state index in [-0.39, 0.29) is 6.61 Å². The van der Waals surface area contributed by atoms with Crippen LogP contribution < -0.4 is 0 Å². The second-order valence-corrected chi connectivity index (χ2v) is 6.71. The van der Waals surface area contributed by atoms with E-state index in [1.54, 1.807) is 0 Å². The van der Waals surface area contributed by atoms with Gasteiger partial charge in [0.25, 0.3) is 0 Å². The van der Waals surface area contributed by atoms with E-state index in [2.05, 4.69) is 19.1 Å². The number of hydrogen-bond donors (Lipinski definition) is 2. The van der Waals surface area contributed by atoms with Crippen LogP contribution in [0.15, 0.2) is 12.2 Å². The van der Waals surface area contributed by atoms with Crippen molar-refractivity contribution in [2.24, 2.45) is 0 Å². The maximum atomic E-state index is 9.17. The van der Waals surface area contributed by atoms with Crippen LogP contribution in [0.3, 0.4) is 0 Å². The molecule has 0 rings (SSSR count). The van der Waals surface area contributed by atoms with Gasteiger partial charge in [-0.2, -0.15) is 0 Å². The lowest BCUT2D eigenvalue weighted by molar-refractivity contribution is 0.116. The molecule has 0 aromatic carbocycles. The molecule has 0 saturated heterocycles. The van der Waals surface area contributed by atoms with Gasteiger partial charge in [0.15, 0.2) is 0 Å². The molecule has 1 radical (unpaired) electrons. The first-order chi connectivity index (χ1) is 11.3. The minimum absolute atomic E-state index is 0.146. The molecule has 0 amide bonds. The lowest BCUT2D eigenvalue weighted by atomic mass is 10.1. The van der Waals surface area contributed by atoms with Gasteiger partial charge in [-0.3, -0.25) is 0 Å². The van der Waals surface area contributed by atoms with Gasteiger partial charge in [0.2, 0.25) is 0 Å². The zero-order valence-corrected chi connectivity index (χ0v) is 15.5. The molecule has 0 aliphatic carbocycles. The highest BCUT2D eigenvalue weighted by Gasteiger charge is 2.00. The first-order valence-corrected chi connectivity index (χ1v) is 10.1. The van der Waals surface area contributed by atoms with E-state index in [1.807, 2.05) is 6.42 Å². The number of unbranched alkanes of at least 4 members (excludes halogenated alkanes) is 13. The van der Waals surface area contributed by atoms with Crippen LogP contribution in [-0.4, -0.2) is 22.9 Å². The van der Waals surface area contributed by atoms with E-state index in [0.29, 0.717) is 0 Å². The minimum Gasteiger partial charge on any atom is -0.394 e. The van der Waals surface area contributed by atoms with Crippen LogP contribution in [0, 0.1) is 6.42 Å². The van der Waals surface area contributed by atoms with Gasteiger partial charge in [-0.25, -0.2) is 0 Å².